The van der Waals surface area contributed by atoms with E-state index in [9.17, 15) is 9.59 Å². The molecular formula is C14H13BrN4O2. The second-order valence-corrected chi connectivity index (χ2v) is 5.45. The predicted octanol–water partition coefficient (Wildman–Crippen LogP) is 1.33. The average molecular weight is 349 g/mol. The van der Waals surface area contributed by atoms with Crippen LogP contribution in [0.2, 0.25) is 0 Å². The minimum atomic E-state index is -0.381. The second kappa shape index (κ2) is 5.97. The summed E-state index contributed by atoms with van der Waals surface area (Å²) in [4.78, 5) is 23.5. The maximum Gasteiger partial charge on any atom is 0.330 e. The third kappa shape index (κ3) is 3.06. The normalized spacial score (nSPS) is 10.2. The van der Waals surface area contributed by atoms with Gasteiger partial charge in [0.1, 0.15) is 6.07 Å². The van der Waals surface area contributed by atoms with Gasteiger partial charge in [-0.25, -0.2) is 4.79 Å². The first-order chi connectivity index (χ1) is 9.93. The largest absolute Gasteiger partial charge is 0.378 e. The molecule has 0 saturated heterocycles. The van der Waals surface area contributed by atoms with Crippen LogP contribution in [0, 0.1) is 11.3 Å². The van der Waals surface area contributed by atoms with E-state index in [2.05, 4.69) is 27.3 Å². The van der Waals surface area contributed by atoms with E-state index >= 15 is 0 Å². The van der Waals surface area contributed by atoms with E-state index in [0.717, 1.165) is 9.04 Å². The standard InChI is InChI=1S/C14H13BrN4O2/c1-18-11(6-13(20)19(2)14(18)21)8-17-12-5-10(15)4-3-9(12)7-16/h3-6,17H,8H2,1-2H3. The zero-order chi connectivity index (χ0) is 15.6. The van der Waals surface area contributed by atoms with Crippen molar-refractivity contribution in [3.63, 3.8) is 0 Å². The van der Waals surface area contributed by atoms with E-state index in [0.29, 0.717) is 16.9 Å². The van der Waals surface area contributed by atoms with Gasteiger partial charge in [-0.2, -0.15) is 5.26 Å². The highest BCUT2D eigenvalue weighted by Crippen LogP contribution is 2.21. The van der Waals surface area contributed by atoms with Crippen molar-refractivity contribution in [2.24, 2.45) is 14.1 Å². The fraction of sp³-hybridized carbons (Fsp3) is 0.214. The molecule has 6 nitrogen and oxygen atoms in total. The molecule has 1 aromatic carbocycles. The molecular weight excluding hydrogens is 336 g/mol. The van der Waals surface area contributed by atoms with E-state index in [1.54, 1.807) is 25.2 Å². The third-order valence-electron chi connectivity index (χ3n) is 3.19. The van der Waals surface area contributed by atoms with Crippen molar-refractivity contribution in [1.82, 2.24) is 9.13 Å². The van der Waals surface area contributed by atoms with Crippen LogP contribution in [0.4, 0.5) is 5.69 Å². The van der Waals surface area contributed by atoms with Crippen LogP contribution < -0.4 is 16.6 Å². The Morgan fingerprint density at radius 3 is 2.62 bits per heavy atom. The average Bonchev–Trinajstić information content (AvgIpc) is 2.47. The summed E-state index contributed by atoms with van der Waals surface area (Å²) < 4.78 is 3.28. The van der Waals surface area contributed by atoms with Gasteiger partial charge in [-0.3, -0.25) is 13.9 Å². The van der Waals surface area contributed by atoms with Gasteiger partial charge >= 0.3 is 5.69 Å². The van der Waals surface area contributed by atoms with E-state index < -0.39 is 0 Å². The molecule has 0 amide bonds. The van der Waals surface area contributed by atoms with Crippen LogP contribution in [0.5, 0.6) is 0 Å². The van der Waals surface area contributed by atoms with Gasteiger partial charge in [0.25, 0.3) is 5.56 Å². The summed E-state index contributed by atoms with van der Waals surface area (Å²) >= 11 is 3.34. The molecule has 1 heterocycles. The smallest absolute Gasteiger partial charge is 0.330 e. The van der Waals surface area contributed by atoms with Gasteiger partial charge in [0.15, 0.2) is 0 Å². The summed E-state index contributed by atoms with van der Waals surface area (Å²) in [5.41, 5.74) is 0.942. The Bertz CT molecular complexity index is 846. The van der Waals surface area contributed by atoms with Crippen molar-refractivity contribution >= 4 is 21.6 Å². The van der Waals surface area contributed by atoms with Gasteiger partial charge in [-0.1, -0.05) is 15.9 Å². The third-order valence-corrected chi connectivity index (χ3v) is 3.68. The molecule has 0 spiro atoms. The predicted molar refractivity (Wildman–Crippen MR) is 83.1 cm³/mol. The van der Waals surface area contributed by atoms with Gasteiger partial charge < -0.3 is 5.32 Å². The van der Waals surface area contributed by atoms with Crippen molar-refractivity contribution in [1.29, 1.82) is 5.26 Å². The van der Waals surface area contributed by atoms with Gasteiger partial charge in [0, 0.05) is 30.3 Å². The molecule has 0 saturated carbocycles. The van der Waals surface area contributed by atoms with Crippen molar-refractivity contribution < 1.29 is 0 Å². The van der Waals surface area contributed by atoms with Crippen LogP contribution >= 0.6 is 15.9 Å². The number of halogens is 1. The molecule has 0 aliphatic rings. The Morgan fingerprint density at radius 2 is 1.95 bits per heavy atom. The molecule has 2 rings (SSSR count). The van der Waals surface area contributed by atoms with E-state index in [-0.39, 0.29) is 17.8 Å². The lowest BCUT2D eigenvalue weighted by Gasteiger charge is -2.12. The molecule has 1 N–H and O–H groups in total. The SMILES string of the molecule is Cn1c(CNc2cc(Br)ccc2C#N)cc(=O)n(C)c1=O. The van der Waals surface area contributed by atoms with Gasteiger partial charge in [0.05, 0.1) is 17.8 Å². The van der Waals surface area contributed by atoms with Gasteiger partial charge in [0.2, 0.25) is 0 Å². The van der Waals surface area contributed by atoms with Crippen LogP contribution in [-0.2, 0) is 20.6 Å². The number of anilines is 1. The summed E-state index contributed by atoms with van der Waals surface area (Å²) in [6.45, 7) is 0.271. The maximum absolute atomic E-state index is 11.8. The first-order valence-electron chi connectivity index (χ1n) is 6.13. The summed E-state index contributed by atoms with van der Waals surface area (Å²) in [6, 6.07) is 8.73. The Balaban J connectivity index is 2.34. The van der Waals surface area contributed by atoms with Gasteiger partial charge in [-0.15, -0.1) is 0 Å². The van der Waals surface area contributed by atoms with Crippen molar-refractivity contribution in [3.8, 4) is 6.07 Å². The molecule has 0 fully saturated rings. The lowest BCUT2D eigenvalue weighted by molar-refractivity contribution is 0.655. The molecule has 0 aliphatic heterocycles. The quantitative estimate of drug-likeness (QED) is 0.907. The summed E-state index contributed by atoms with van der Waals surface area (Å²) in [5, 5.41) is 12.1. The number of nitrogens with one attached hydrogen (secondary N) is 1. The number of nitriles is 1. The van der Waals surface area contributed by atoms with E-state index in [1.807, 2.05) is 0 Å². The lowest BCUT2D eigenvalue weighted by atomic mass is 10.2. The molecule has 0 aliphatic carbocycles. The zero-order valence-corrected chi connectivity index (χ0v) is 13.1. The Labute approximate surface area is 129 Å². The molecule has 0 unspecified atom stereocenters. The number of nitrogens with zero attached hydrogens (tertiary/aromatic N) is 3. The molecule has 0 radical (unpaired) electrons. The number of rotatable bonds is 3. The number of hydrogen-bond acceptors (Lipinski definition) is 4. The molecule has 0 bridgehead atoms. The van der Waals surface area contributed by atoms with Crippen LogP contribution in [-0.4, -0.2) is 9.13 Å². The highest BCUT2D eigenvalue weighted by atomic mass is 79.9. The molecule has 21 heavy (non-hydrogen) atoms. The van der Waals surface area contributed by atoms with Crippen molar-refractivity contribution in [2.45, 2.75) is 6.54 Å². The first-order valence-corrected chi connectivity index (χ1v) is 6.93. The van der Waals surface area contributed by atoms with Crippen LogP contribution in [0.3, 0.4) is 0 Å². The lowest BCUT2D eigenvalue weighted by Crippen LogP contribution is -2.38. The van der Waals surface area contributed by atoms with Crippen LogP contribution in [0.15, 0.2) is 38.3 Å². The minimum Gasteiger partial charge on any atom is -0.378 e. The Kier molecular flexibility index (Phi) is 4.29. The summed E-state index contributed by atoms with van der Waals surface area (Å²) in [5.74, 6) is 0. The second-order valence-electron chi connectivity index (χ2n) is 4.53. The number of hydrogen-bond donors (Lipinski definition) is 1. The monoisotopic (exact) mass is 348 g/mol. The first kappa shape index (κ1) is 15.1. The number of benzene rings is 1. The topological polar surface area (TPSA) is 79.8 Å². The van der Waals surface area contributed by atoms with E-state index in [1.165, 1.54) is 17.7 Å². The highest BCUT2D eigenvalue weighted by molar-refractivity contribution is 9.10. The maximum atomic E-state index is 11.8. The van der Waals surface area contributed by atoms with E-state index in [4.69, 9.17) is 5.26 Å². The van der Waals surface area contributed by atoms with Crippen molar-refractivity contribution in [3.05, 3.63) is 60.8 Å². The van der Waals surface area contributed by atoms with Crippen LogP contribution in [0.25, 0.3) is 0 Å². The Morgan fingerprint density at radius 1 is 1.24 bits per heavy atom. The molecule has 2 aromatic rings. The van der Waals surface area contributed by atoms with Crippen molar-refractivity contribution in [2.75, 3.05) is 5.32 Å². The summed E-state index contributed by atoms with van der Waals surface area (Å²) in [7, 11) is 3.04. The fourth-order valence-corrected chi connectivity index (χ4v) is 2.26. The molecule has 7 heteroatoms. The molecule has 1 aromatic heterocycles. The molecule has 108 valence electrons. The summed E-state index contributed by atoms with van der Waals surface area (Å²) in [6.07, 6.45) is 0. The minimum absolute atomic E-state index is 0.271. The van der Waals surface area contributed by atoms with Crippen LogP contribution in [0.1, 0.15) is 11.3 Å². The fourth-order valence-electron chi connectivity index (χ4n) is 1.89. The number of aromatic nitrogens is 2. The Hall–Kier alpha value is -2.33. The molecule has 0 atom stereocenters. The van der Waals surface area contributed by atoms with Gasteiger partial charge in [-0.05, 0) is 18.2 Å². The highest BCUT2D eigenvalue weighted by Gasteiger charge is 2.07. The zero-order valence-electron chi connectivity index (χ0n) is 11.6.